The van der Waals surface area contributed by atoms with Crippen LogP contribution in [-0.2, 0) is 22.0 Å². The number of carbonyl (C=O) groups excluding carboxylic acids is 1. The second-order valence-electron chi connectivity index (χ2n) is 6.87. The first-order valence-corrected chi connectivity index (χ1v) is 10.1. The van der Waals surface area contributed by atoms with Crippen molar-refractivity contribution in [3.05, 3.63) is 56.8 Å². The summed E-state index contributed by atoms with van der Waals surface area (Å²) < 4.78 is 8.19. The topological polar surface area (TPSA) is 56.2 Å². The minimum atomic E-state index is -0.143. The standard InChI is InChI=1S/C20H23BrClN3O2/c1-14-17(19(22)25(2)24-14)6-7-18(26)23-13-20(8-10-27-11-9-20)15-4-3-5-16(21)12-15/h3-7,12H,8-11,13H2,1-2H3,(H,23,26). The molecule has 0 unspecified atom stereocenters. The van der Waals surface area contributed by atoms with Crippen LogP contribution in [0.3, 0.4) is 0 Å². The molecular formula is C20H23BrClN3O2. The van der Waals surface area contributed by atoms with E-state index in [2.05, 4.69) is 38.5 Å². The van der Waals surface area contributed by atoms with Gasteiger partial charge in [0.25, 0.3) is 0 Å². The van der Waals surface area contributed by atoms with E-state index in [1.165, 1.54) is 11.6 Å². The third kappa shape index (κ3) is 4.62. The molecule has 3 rings (SSSR count). The maximum Gasteiger partial charge on any atom is 0.244 e. The number of nitrogens with one attached hydrogen (secondary N) is 1. The molecule has 1 N–H and O–H groups in total. The number of hydrogen-bond acceptors (Lipinski definition) is 3. The van der Waals surface area contributed by atoms with E-state index >= 15 is 0 Å². The summed E-state index contributed by atoms with van der Waals surface area (Å²) in [7, 11) is 1.78. The highest BCUT2D eigenvalue weighted by molar-refractivity contribution is 9.10. The molecule has 144 valence electrons. The van der Waals surface area contributed by atoms with Gasteiger partial charge in [-0.15, -0.1) is 0 Å². The number of nitrogens with zero attached hydrogens (tertiary/aromatic N) is 2. The van der Waals surface area contributed by atoms with Crippen molar-refractivity contribution < 1.29 is 9.53 Å². The van der Waals surface area contributed by atoms with E-state index in [0.29, 0.717) is 24.9 Å². The zero-order valence-corrected chi connectivity index (χ0v) is 17.8. The van der Waals surface area contributed by atoms with Crippen molar-refractivity contribution in [2.75, 3.05) is 19.8 Å². The lowest BCUT2D eigenvalue weighted by molar-refractivity contribution is -0.116. The predicted molar refractivity (Wildman–Crippen MR) is 111 cm³/mol. The Hall–Kier alpha value is -1.63. The van der Waals surface area contributed by atoms with E-state index in [1.54, 1.807) is 17.8 Å². The smallest absolute Gasteiger partial charge is 0.244 e. The number of rotatable bonds is 5. The highest BCUT2D eigenvalue weighted by Crippen LogP contribution is 2.35. The van der Waals surface area contributed by atoms with Gasteiger partial charge in [-0.2, -0.15) is 5.10 Å². The predicted octanol–water partition coefficient (Wildman–Crippen LogP) is 4.02. The van der Waals surface area contributed by atoms with Crippen molar-refractivity contribution in [3.8, 4) is 0 Å². The average molecular weight is 453 g/mol. The minimum Gasteiger partial charge on any atom is -0.381 e. The van der Waals surface area contributed by atoms with Crippen LogP contribution in [0.2, 0.25) is 5.15 Å². The summed E-state index contributed by atoms with van der Waals surface area (Å²) in [5, 5.41) is 7.83. The molecule has 0 atom stereocenters. The molecule has 0 radical (unpaired) electrons. The molecule has 1 aliphatic heterocycles. The molecule has 27 heavy (non-hydrogen) atoms. The number of halogens is 2. The summed E-state index contributed by atoms with van der Waals surface area (Å²) >= 11 is 9.76. The zero-order valence-electron chi connectivity index (χ0n) is 15.5. The van der Waals surface area contributed by atoms with Crippen LogP contribution in [-0.4, -0.2) is 35.4 Å². The van der Waals surface area contributed by atoms with Gasteiger partial charge in [0.2, 0.25) is 5.91 Å². The van der Waals surface area contributed by atoms with Crippen LogP contribution in [0, 0.1) is 6.92 Å². The molecule has 0 saturated carbocycles. The third-order valence-electron chi connectivity index (χ3n) is 5.09. The van der Waals surface area contributed by atoms with Crippen LogP contribution in [0.1, 0.15) is 29.7 Å². The first kappa shape index (κ1) is 20.1. The molecule has 0 bridgehead atoms. The minimum absolute atomic E-state index is 0.118. The Kier molecular flexibility index (Phi) is 6.40. The molecule has 1 amide bonds. The van der Waals surface area contributed by atoms with Crippen LogP contribution >= 0.6 is 27.5 Å². The quantitative estimate of drug-likeness (QED) is 0.697. The van der Waals surface area contributed by atoms with Crippen molar-refractivity contribution in [1.82, 2.24) is 15.1 Å². The Morgan fingerprint density at radius 3 is 2.81 bits per heavy atom. The molecule has 1 aliphatic rings. The number of aromatic nitrogens is 2. The van der Waals surface area contributed by atoms with E-state index in [-0.39, 0.29) is 11.3 Å². The average Bonchev–Trinajstić information content (AvgIpc) is 2.91. The number of ether oxygens (including phenoxy) is 1. The van der Waals surface area contributed by atoms with E-state index < -0.39 is 0 Å². The van der Waals surface area contributed by atoms with Crippen LogP contribution in [0.4, 0.5) is 0 Å². The second-order valence-corrected chi connectivity index (χ2v) is 8.14. The number of hydrogen-bond donors (Lipinski definition) is 1. The van der Waals surface area contributed by atoms with E-state index in [9.17, 15) is 4.79 Å². The molecule has 0 aliphatic carbocycles. The molecular weight excluding hydrogens is 430 g/mol. The Balaban J connectivity index is 1.72. The summed E-state index contributed by atoms with van der Waals surface area (Å²) in [5.74, 6) is -0.143. The first-order chi connectivity index (χ1) is 12.9. The van der Waals surface area contributed by atoms with Gasteiger partial charge in [0.15, 0.2) is 0 Å². The van der Waals surface area contributed by atoms with Gasteiger partial charge in [0, 0.05) is 48.3 Å². The molecule has 2 aromatic rings. The molecule has 1 aromatic carbocycles. The lowest BCUT2D eigenvalue weighted by Gasteiger charge is -2.38. The fourth-order valence-electron chi connectivity index (χ4n) is 3.46. The van der Waals surface area contributed by atoms with Crippen LogP contribution in [0.25, 0.3) is 6.08 Å². The van der Waals surface area contributed by atoms with Gasteiger partial charge < -0.3 is 10.1 Å². The fraction of sp³-hybridized carbons (Fsp3) is 0.400. The van der Waals surface area contributed by atoms with Crippen molar-refractivity contribution in [2.45, 2.75) is 25.2 Å². The first-order valence-electron chi connectivity index (χ1n) is 8.90. The Bertz CT molecular complexity index is 857. The molecule has 1 saturated heterocycles. The lowest BCUT2D eigenvalue weighted by atomic mass is 9.74. The maximum absolute atomic E-state index is 12.4. The van der Waals surface area contributed by atoms with Crippen LogP contribution < -0.4 is 5.32 Å². The molecule has 1 aromatic heterocycles. The fourth-order valence-corrected chi connectivity index (χ4v) is 4.09. The van der Waals surface area contributed by atoms with Gasteiger partial charge in [-0.25, -0.2) is 0 Å². The van der Waals surface area contributed by atoms with E-state index in [4.69, 9.17) is 16.3 Å². The number of aryl methyl sites for hydroxylation is 2. The van der Waals surface area contributed by atoms with Crippen molar-refractivity contribution >= 4 is 39.5 Å². The molecule has 0 spiro atoms. The summed E-state index contributed by atoms with van der Waals surface area (Å²) in [6.07, 6.45) is 4.99. The van der Waals surface area contributed by atoms with E-state index in [1.807, 2.05) is 19.1 Å². The Labute approximate surface area is 172 Å². The third-order valence-corrected chi connectivity index (χ3v) is 6.03. The number of carbonyl (C=O) groups is 1. The highest BCUT2D eigenvalue weighted by atomic mass is 79.9. The van der Waals surface area contributed by atoms with Crippen LogP contribution in [0.5, 0.6) is 0 Å². The largest absolute Gasteiger partial charge is 0.381 e. The second kappa shape index (κ2) is 8.59. The van der Waals surface area contributed by atoms with Crippen molar-refractivity contribution in [3.63, 3.8) is 0 Å². The molecule has 5 nitrogen and oxygen atoms in total. The normalized spacial score (nSPS) is 16.6. The Morgan fingerprint density at radius 1 is 1.44 bits per heavy atom. The van der Waals surface area contributed by atoms with E-state index in [0.717, 1.165) is 28.6 Å². The summed E-state index contributed by atoms with van der Waals surface area (Å²) in [4.78, 5) is 12.4. The van der Waals surface area contributed by atoms with Gasteiger partial charge in [0.05, 0.1) is 5.69 Å². The van der Waals surface area contributed by atoms with Gasteiger partial charge in [-0.05, 0) is 43.5 Å². The maximum atomic E-state index is 12.4. The SMILES string of the molecule is Cc1nn(C)c(Cl)c1C=CC(=O)NCC1(c2cccc(Br)c2)CCOCC1. The summed E-state index contributed by atoms with van der Waals surface area (Å²) in [5.41, 5.74) is 2.66. The zero-order chi connectivity index (χ0) is 19.4. The van der Waals surface area contributed by atoms with Crippen molar-refractivity contribution in [2.24, 2.45) is 7.05 Å². The van der Waals surface area contributed by atoms with Crippen LogP contribution in [0.15, 0.2) is 34.8 Å². The monoisotopic (exact) mass is 451 g/mol. The molecule has 2 heterocycles. The van der Waals surface area contributed by atoms with Gasteiger partial charge in [0.1, 0.15) is 5.15 Å². The summed E-state index contributed by atoms with van der Waals surface area (Å²) in [6.45, 7) is 3.83. The lowest BCUT2D eigenvalue weighted by Crippen LogP contribution is -2.44. The molecule has 1 fully saturated rings. The number of amides is 1. The van der Waals surface area contributed by atoms with Gasteiger partial charge >= 0.3 is 0 Å². The van der Waals surface area contributed by atoms with Gasteiger partial charge in [-0.1, -0.05) is 39.7 Å². The Morgan fingerprint density at radius 2 is 2.19 bits per heavy atom. The highest BCUT2D eigenvalue weighted by Gasteiger charge is 2.34. The molecule has 7 heteroatoms. The number of benzene rings is 1. The van der Waals surface area contributed by atoms with Crippen molar-refractivity contribution in [1.29, 1.82) is 0 Å². The van der Waals surface area contributed by atoms with Gasteiger partial charge in [-0.3, -0.25) is 9.48 Å². The summed E-state index contributed by atoms with van der Waals surface area (Å²) in [6, 6.07) is 8.30.